The molecule has 1 atom stereocenters. The zero-order valence-corrected chi connectivity index (χ0v) is 18.1. The Kier molecular flexibility index (Phi) is 6.18. The Labute approximate surface area is 176 Å². The van der Waals surface area contributed by atoms with Crippen molar-refractivity contribution in [2.75, 3.05) is 6.16 Å². The van der Waals surface area contributed by atoms with Gasteiger partial charge in [-0.05, 0) is 0 Å². The van der Waals surface area contributed by atoms with Crippen molar-refractivity contribution in [3.8, 4) is 0 Å². The molecular formula is C22H21F3IOP. The third kappa shape index (κ3) is 3.85. The van der Waals surface area contributed by atoms with Crippen LogP contribution < -0.4 is 15.9 Å². The molecule has 0 heterocycles. The topological polar surface area (TPSA) is 20.2 Å². The van der Waals surface area contributed by atoms with Crippen LogP contribution in [0.2, 0.25) is 0 Å². The maximum absolute atomic E-state index is 13.1. The van der Waals surface area contributed by atoms with Crippen LogP contribution in [0.15, 0.2) is 91.0 Å². The molecule has 1 N–H and O–H groups in total. The Hall–Kier alpha value is -1.43. The summed E-state index contributed by atoms with van der Waals surface area (Å²) in [6, 6.07) is 29.2. The molecule has 0 saturated carbocycles. The van der Waals surface area contributed by atoms with E-state index in [1.165, 1.54) is 0 Å². The van der Waals surface area contributed by atoms with Gasteiger partial charge in [-0.3, -0.25) is 0 Å². The minimum atomic E-state index is -4.63. The number of aliphatic hydroxyl groups is 1. The van der Waals surface area contributed by atoms with Crippen molar-refractivity contribution in [3.05, 3.63) is 91.0 Å². The van der Waals surface area contributed by atoms with Crippen LogP contribution in [0.4, 0.5) is 13.2 Å². The van der Waals surface area contributed by atoms with E-state index >= 15 is 0 Å². The number of alkyl halides is 3. The number of benzene rings is 3. The molecular weight excluding hydrogens is 495 g/mol. The van der Waals surface area contributed by atoms with Crippen LogP contribution in [0.5, 0.6) is 0 Å². The molecule has 0 saturated heterocycles. The summed E-state index contributed by atoms with van der Waals surface area (Å²) in [6.45, 7) is 0. The first kappa shape index (κ1) is 21.3. The summed E-state index contributed by atoms with van der Waals surface area (Å²) in [4.78, 5) is 0. The first-order valence-electron chi connectivity index (χ1n) is 8.91. The van der Waals surface area contributed by atoms with E-state index in [1.54, 1.807) is 0 Å². The van der Waals surface area contributed by atoms with E-state index in [0.717, 1.165) is 15.9 Å². The third-order valence-electron chi connectivity index (χ3n) is 5.08. The molecule has 0 aliphatic carbocycles. The average molecular weight is 516 g/mol. The van der Waals surface area contributed by atoms with E-state index in [2.05, 4.69) is 22.0 Å². The first-order valence-corrected chi connectivity index (χ1v) is 14.1. The minimum absolute atomic E-state index is 0.213. The molecule has 148 valence electrons. The van der Waals surface area contributed by atoms with Gasteiger partial charge in [0.2, 0.25) is 0 Å². The van der Waals surface area contributed by atoms with Crippen molar-refractivity contribution in [2.45, 2.75) is 18.7 Å². The van der Waals surface area contributed by atoms with Gasteiger partial charge in [0, 0.05) is 0 Å². The van der Waals surface area contributed by atoms with Gasteiger partial charge in [0.05, 0.1) is 0 Å². The second-order valence-electron chi connectivity index (χ2n) is 6.76. The second-order valence-corrected chi connectivity index (χ2v) is 17.5. The molecule has 0 aliphatic heterocycles. The Morgan fingerprint density at radius 2 is 1.04 bits per heavy atom. The van der Waals surface area contributed by atoms with Crippen LogP contribution in [-0.4, -0.2) is 23.5 Å². The molecule has 0 unspecified atom stereocenters. The Morgan fingerprint density at radius 1 is 0.714 bits per heavy atom. The molecule has 3 aromatic rings. The predicted molar refractivity (Wildman–Crippen MR) is 121 cm³/mol. The number of halogens is 4. The van der Waals surface area contributed by atoms with E-state index in [-0.39, 0.29) is 12.6 Å². The van der Waals surface area contributed by atoms with Gasteiger partial charge >= 0.3 is 176 Å². The van der Waals surface area contributed by atoms with Gasteiger partial charge in [-0.15, -0.1) is 0 Å². The second kappa shape index (κ2) is 8.13. The van der Waals surface area contributed by atoms with Crippen molar-refractivity contribution in [1.29, 1.82) is 0 Å². The Bertz CT molecular complexity index is 802. The van der Waals surface area contributed by atoms with Crippen LogP contribution in [0.1, 0.15) is 6.42 Å². The number of aliphatic hydroxyl groups excluding tert-OH is 1. The molecule has 0 bridgehead atoms. The van der Waals surface area contributed by atoms with Gasteiger partial charge in [-0.1, -0.05) is 0 Å². The summed E-state index contributed by atoms with van der Waals surface area (Å²) in [7, 11) is 0. The maximum atomic E-state index is 13.1. The van der Waals surface area contributed by atoms with E-state index in [0.29, 0.717) is 0 Å². The molecule has 1 nitrogen and oxygen atoms in total. The Morgan fingerprint density at radius 3 is 1.32 bits per heavy atom. The van der Waals surface area contributed by atoms with E-state index < -0.39 is 16.5 Å². The van der Waals surface area contributed by atoms with Gasteiger partial charge in [-0.25, -0.2) is 0 Å². The predicted octanol–water partition coefficient (Wildman–Crippen LogP) is 5.18. The summed E-state index contributed by atoms with van der Waals surface area (Å²) in [6.07, 6.45) is -7.12. The van der Waals surface area contributed by atoms with Crippen molar-refractivity contribution >= 4 is 42.2 Å². The molecule has 0 aliphatic rings. The normalized spacial score (nSPS) is 14.8. The molecule has 0 radical (unpaired) electrons. The molecule has 6 heteroatoms. The zero-order chi connectivity index (χ0) is 20.3. The monoisotopic (exact) mass is 516 g/mol. The van der Waals surface area contributed by atoms with Gasteiger partial charge in [0.15, 0.2) is 0 Å². The van der Waals surface area contributed by atoms with E-state index in [4.69, 9.17) is 0 Å². The molecule has 0 spiro atoms. The van der Waals surface area contributed by atoms with Crippen LogP contribution in [-0.2, 0) is 0 Å². The number of hydrogen-bond acceptors (Lipinski definition) is 1. The van der Waals surface area contributed by atoms with E-state index in [1.807, 2.05) is 91.0 Å². The third-order valence-corrected chi connectivity index (χ3v) is 16.8. The molecule has 0 aromatic heterocycles. The van der Waals surface area contributed by atoms with Gasteiger partial charge < -0.3 is 0 Å². The molecule has 28 heavy (non-hydrogen) atoms. The van der Waals surface area contributed by atoms with Gasteiger partial charge in [-0.2, -0.15) is 0 Å². The van der Waals surface area contributed by atoms with Crippen molar-refractivity contribution in [1.82, 2.24) is 0 Å². The fourth-order valence-electron chi connectivity index (χ4n) is 3.58. The zero-order valence-electron chi connectivity index (χ0n) is 15.1. The van der Waals surface area contributed by atoms with Crippen LogP contribution >= 0.6 is 26.3 Å². The first-order chi connectivity index (χ1) is 13.3. The molecule has 0 amide bonds. The Balaban J connectivity index is 2.28. The number of rotatable bonds is 6. The van der Waals surface area contributed by atoms with Gasteiger partial charge in [0.25, 0.3) is 0 Å². The average Bonchev–Trinajstić information content (AvgIpc) is 2.73. The summed E-state index contributed by atoms with van der Waals surface area (Å²) in [5, 5.41) is 12.8. The molecule has 3 aromatic carbocycles. The van der Waals surface area contributed by atoms with Crippen molar-refractivity contribution < 1.29 is 18.3 Å². The summed E-state index contributed by atoms with van der Waals surface area (Å²) >= 11 is 2.42. The van der Waals surface area contributed by atoms with E-state index in [9.17, 15) is 18.3 Å². The van der Waals surface area contributed by atoms with Crippen LogP contribution in [0, 0.1) is 0 Å². The van der Waals surface area contributed by atoms with Crippen molar-refractivity contribution in [3.63, 3.8) is 0 Å². The van der Waals surface area contributed by atoms with Crippen LogP contribution in [0.3, 0.4) is 0 Å². The van der Waals surface area contributed by atoms with Gasteiger partial charge in [0.1, 0.15) is 0 Å². The number of hydrogen-bond donors (Lipinski definition) is 1. The van der Waals surface area contributed by atoms with Crippen molar-refractivity contribution in [2.24, 2.45) is 0 Å². The molecule has 0 fully saturated rings. The fraction of sp³-hybridized carbons (Fsp3) is 0.182. The summed E-state index contributed by atoms with van der Waals surface area (Å²) in [5.41, 5.74) is 0. The standard InChI is InChI=1S/C22H21F3IOP/c23-22(24,25)21(27)16-17-28(26,18-10-4-1-5-11-18,19-12-6-2-7-13-19)20-14-8-3-9-15-20/h1-15,21,27H,16-17H2/t21-/m1/s1. The molecule has 3 rings (SSSR count). The summed E-state index contributed by atoms with van der Waals surface area (Å²) in [5.74, 6) is 0. The SMILES string of the molecule is O[C@H](CCP(I)(c1ccccc1)(c1ccccc1)c1ccccc1)C(F)(F)F. The quantitative estimate of drug-likeness (QED) is 0.354. The fourth-order valence-corrected chi connectivity index (χ4v) is 12.1. The summed E-state index contributed by atoms with van der Waals surface area (Å²) < 4.78 is 36.1. The van der Waals surface area contributed by atoms with Crippen LogP contribution in [0.25, 0.3) is 0 Å².